The fourth-order valence-corrected chi connectivity index (χ4v) is 2.72. The number of phenols is 1. The van der Waals surface area contributed by atoms with E-state index in [4.69, 9.17) is 0 Å². The minimum absolute atomic E-state index is 0.318. The molecule has 0 heterocycles. The van der Waals surface area contributed by atoms with E-state index >= 15 is 0 Å². The lowest BCUT2D eigenvalue weighted by Crippen LogP contribution is -1.83. The van der Waals surface area contributed by atoms with Crippen LogP contribution < -0.4 is 0 Å². The summed E-state index contributed by atoms with van der Waals surface area (Å²) in [4.78, 5) is 0. The summed E-state index contributed by atoms with van der Waals surface area (Å²) in [5, 5.41) is 12.0. The Balaban J connectivity index is 2.40. The van der Waals surface area contributed by atoms with Gasteiger partial charge in [0.2, 0.25) is 0 Å². The Morgan fingerprint density at radius 2 is 1.39 bits per heavy atom. The molecular weight excluding hydrogens is 288 g/mol. The van der Waals surface area contributed by atoms with Gasteiger partial charge in [0.25, 0.3) is 0 Å². The highest BCUT2D eigenvalue weighted by Crippen LogP contribution is 2.37. The van der Waals surface area contributed by atoms with Crippen molar-refractivity contribution in [1.29, 1.82) is 0 Å². The zero-order valence-electron chi connectivity index (χ0n) is 9.60. The van der Waals surface area contributed by atoms with E-state index in [1.54, 1.807) is 6.07 Å². The first-order chi connectivity index (χ1) is 8.77. The Hall–Kier alpha value is -1.80. The maximum Gasteiger partial charge on any atom is 0.124 e. The number of aromatic hydroxyl groups is 1. The van der Waals surface area contributed by atoms with Gasteiger partial charge in [0.1, 0.15) is 5.75 Å². The van der Waals surface area contributed by atoms with Gasteiger partial charge >= 0.3 is 0 Å². The average molecular weight is 299 g/mol. The van der Waals surface area contributed by atoms with Gasteiger partial charge in [-0.05, 0) is 28.6 Å². The number of phenolic OH excluding ortho intramolecular Hbond substituents is 1. The smallest absolute Gasteiger partial charge is 0.124 e. The van der Waals surface area contributed by atoms with Gasteiger partial charge in [-0.3, -0.25) is 0 Å². The summed E-state index contributed by atoms with van der Waals surface area (Å²) in [7, 11) is 0. The maximum atomic E-state index is 10.1. The molecule has 0 fully saturated rings. The van der Waals surface area contributed by atoms with E-state index in [0.717, 1.165) is 26.4 Å². The van der Waals surface area contributed by atoms with Crippen LogP contribution in [0.2, 0.25) is 0 Å². The van der Waals surface area contributed by atoms with Crippen LogP contribution in [0.15, 0.2) is 65.1 Å². The van der Waals surface area contributed by atoms with E-state index in [1.807, 2.05) is 54.6 Å². The van der Waals surface area contributed by atoms with Crippen molar-refractivity contribution in [3.8, 4) is 16.9 Å². The summed E-state index contributed by atoms with van der Waals surface area (Å²) >= 11 is 3.56. The van der Waals surface area contributed by atoms with Gasteiger partial charge in [-0.15, -0.1) is 0 Å². The molecule has 1 nitrogen and oxygen atoms in total. The zero-order valence-corrected chi connectivity index (χ0v) is 11.2. The van der Waals surface area contributed by atoms with Crippen molar-refractivity contribution in [2.45, 2.75) is 0 Å². The van der Waals surface area contributed by atoms with Crippen molar-refractivity contribution in [3.63, 3.8) is 0 Å². The zero-order chi connectivity index (χ0) is 12.5. The summed E-state index contributed by atoms with van der Waals surface area (Å²) in [6.07, 6.45) is 0. The SMILES string of the molecule is Oc1cccc2cccc(-c3ccccc3Br)c12. The van der Waals surface area contributed by atoms with E-state index in [-0.39, 0.29) is 0 Å². The number of hydrogen-bond acceptors (Lipinski definition) is 1. The molecule has 0 saturated heterocycles. The molecule has 2 heteroatoms. The van der Waals surface area contributed by atoms with Crippen molar-refractivity contribution >= 4 is 26.7 Å². The quantitative estimate of drug-likeness (QED) is 0.672. The van der Waals surface area contributed by atoms with Gasteiger partial charge in [0.05, 0.1) is 0 Å². The Labute approximate surface area is 114 Å². The number of halogens is 1. The summed E-state index contributed by atoms with van der Waals surface area (Å²) < 4.78 is 1.03. The summed E-state index contributed by atoms with van der Waals surface area (Å²) in [5.41, 5.74) is 2.13. The normalized spacial score (nSPS) is 10.7. The fourth-order valence-electron chi connectivity index (χ4n) is 2.23. The van der Waals surface area contributed by atoms with Crippen LogP contribution in [0.25, 0.3) is 21.9 Å². The third-order valence-corrected chi connectivity index (χ3v) is 3.74. The van der Waals surface area contributed by atoms with Crippen LogP contribution in [0, 0.1) is 0 Å². The van der Waals surface area contributed by atoms with Gasteiger partial charge in [-0.2, -0.15) is 0 Å². The lowest BCUT2D eigenvalue weighted by molar-refractivity contribution is 0.482. The molecule has 0 aliphatic rings. The number of hydrogen-bond donors (Lipinski definition) is 1. The highest BCUT2D eigenvalue weighted by Gasteiger charge is 2.09. The van der Waals surface area contributed by atoms with Crippen molar-refractivity contribution in [1.82, 2.24) is 0 Å². The molecule has 3 aromatic carbocycles. The van der Waals surface area contributed by atoms with E-state index in [9.17, 15) is 5.11 Å². The molecule has 0 aliphatic heterocycles. The van der Waals surface area contributed by atoms with Crippen LogP contribution in [0.5, 0.6) is 5.75 Å². The third-order valence-electron chi connectivity index (χ3n) is 3.05. The van der Waals surface area contributed by atoms with Gasteiger partial charge in [0, 0.05) is 9.86 Å². The molecule has 0 unspecified atom stereocenters. The molecule has 3 aromatic rings. The number of rotatable bonds is 1. The van der Waals surface area contributed by atoms with Crippen LogP contribution in [0.3, 0.4) is 0 Å². The fraction of sp³-hybridized carbons (Fsp3) is 0. The molecule has 0 radical (unpaired) electrons. The van der Waals surface area contributed by atoms with Crippen molar-refractivity contribution in [2.24, 2.45) is 0 Å². The summed E-state index contributed by atoms with van der Waals surface area (Å²) in [6, 6.07) is 19.7. The van der Waals surface area contributed by atoms with Gasteiger partial charge in [0.15, 0.2) is 0 Å². The number of fused-ring (bicyclic) bond motifs is 1. The van der Waals surface area contributed by atoms with Crippen molar-refractivity contribution in [3.05, 3.63) is 65.1 Å². The minimum atomic E-state index is 0.318. The third kappa shape index (κ3) is 1.79. The first-order valence-corrected chi connectivity index (χ1v) is 6.52. The Kier molecular flexibility index (Phi) is 2.80. The Bertz CT molecular complexity index is 714. The second-order valence-corrected chi connectivity index (χ2v) is 5.02. The van der Waals surface area contributed by atoms with E-state index in [2.05, 4.69) is 15.9 Å². The molecular formula is C16H11BrO. The van der Waals surface area contributed by atoms with Crippen LogP contribution in [-0.2, 0) is 0 Å². The van der Waals surface area contributed by atoms with E-state index < -0.39 is 0 Å². The van der Waals surface area contributed by atoms with Crippen molar-refractivity contribution < 1.29 is 5.11 Å². The first-order valence-electron chi connectivity index (χ1n) is 5.73. The second kappa shape index (κ2) is 4.46. The average Bonchev–Trinajstić information content (AvgIpc) is 2.39. The van der Waals surface area contributed by atoms with Crippen LogP contribution in [0.4, 0.5) is 0 Å². The molecule has 0 saturated carbocycles. The predicted octanol–water partition coefficient (Wildman–Crippen LogP) is 4.97. The Morgan fingerprint density at radius 1 is 0.722 bits per heavy atom. The monoisotopic (exact) mass is 298 g/mol. The second-order valence-electron chi connectivity index (χ2n) is 4.16. The molecule has 0 spiro atoms. The standard InChI is InChI=1S/C16H11BrO/c17-14-9-2-1-7-12(14)13-8-3-5-11-6-4-10-15(18)16(11)13/h1-10,18H. The largest absolute Gasteiger partial charge is 0.507 e. The van der Waals surface area contributed by atoms with Crippen LogP contribution in [0.1, 0.15) is 0 Å². The van der Waals surface area contributed by atoms with Crippen molar-refractivity contribution in [2.75, 3.05) is 0 Å². The first kappa shape index (κ1) is 11.3. The summed E-state index contributed by atoms with van der Waals surface area (Å²) in [5.74, 6) is 0.318. The van der Waals surface area contributed by atoms with E-state index in [1.165, 1.54) is 0 Å². The molecule has 88 valence electrons. The summed E-state index contributed by atoms with van der Waals surface area (Å²) in [6.45, 7) is 0. The molecule has 0 atom stereocenters. The van der Waals surface area contributed by atoms with Crippen LogP contribution >= 0.6 is 15.9 Å². The predicted molar refractivity (Wildman–Crippen MR) is 78.7 cm³/mol. The van der Waals surface area contributed by atoms with Crippen LogP contribution in [-0.4, -0.2) is 5.11 Å². The van der Waals surface area contributed by atoms with Gasteiger partial charge < -0.3 is 5.11 Å². The van der Waals surface area contributed by atoms with E-state index in [0.29, 0.717) is 5.75 Å². The molecule has 0 amide bonds. The Morgan fingerprint density at radius 3 is 2.17 bits per heavy atom. The molecule has 0 aliphatic carbocycles. The lowest BCUT2D eigenvalue weighted by Gasteiger charge is -2.10. The van der Waals surface area contributed by atoms with Gasteiger partial charge in [-0.25, -0.2) is 0 Å². The molecule has 0 bridgehead atoms. The minimum Gasteiger partial charge on any atom is -0.507 e. The lowest BCUT2D eigenvalue weighted by atomic mass is 9.98. The highest BCUT2D eigenvalue weighted by molar-refractivity contribution is 9.10. The van der Waals surface area contributed by atoms with Gasteiger partial charge in [-0.1, -0.05) is 64.5 Å². The molecule has 1 N–H and O–H groups in total. The maximum absolute atomic E-state index is 10.1. The molecule has 3 rings (SSSR count). The number of benzene rings is 3. The highest BCUT2D eigenvalue weighted by atomic mass is 79.9. The molecule has 18 heavy (non-hydrogen) atoms. The topological polar surface area (TPSA) is 20.2 Å². The molecule has 0 aromatic heterocycles.